The van der Waals surface area contributed by atoms with Crippen LogP contribution in [0.4, 0.5) is 4.79 Å². The molecule has 1 rings (SSSR count). The molecule has 22 heavy (non-hydrogen) atoms. The number of carbonyl (C=O) groups excluding carboxylic acids is 3. The van der Waals surface area contributed by atoms with Crippen molar-refractivity contribution in [1.29, 1.82) is 0 Å². The molecule has 0 aromatic carbocycles. The van der Waals surface area contributed by atoms with Crippen molar-refractivity contribution in [3.05, 3.63) is 0 Å². The summed E-state index contributed by atoms with van der Waals surface area (Å²) in [6.45, 7) is 5.67. The van der Waals surface area contributed by atoms with Crippen LogP contribution in [0.3, 0.4) is 0 Å². The summed E-state index contributed by atoms with van der Waals surface area (Å²) in [5, 5.41) is 4.36. The topological polar surface area (TPSA) is 150 Å². The van der Waals surface area contributed by atoms with Gasteiger partial charge in [-0.2, -0.15) is 8.42 Å². The SMILES string of the molecule is CCCC(C)C1(CC)C(=O)NC(=O)NC1=O.O=S(=O)(O)O.[NaH]. The number of imide groups is 2. The van der Waals surface area contributed by atoms with Gasteiger partial charge < -0.3 is 0 Å². The van der Waals surface area contributed by atoms with Crippen LogP contribution in [0, 0.1) is 11.3 Å². The molecule has 0 spiro atoms. The molecule has 0 aromatic rings. The van der Waals surface area contributed by atoms with Gasteiger partial charge in [0, 0.05) is 0 Å². The molecule has 0 bridgehead atoms. The molecule has 0 saturated carbocycles. The van der Waals surface area contributed by atoms with Gasteiger partial charge in [0.25, 0.3) is 0 Å². The Kier molecular flexibility index (Phi) is 10.3. The van der Waals surface area contributed by atoms with Crippen LogP contribution in [-0.4, -0.2) is 64.9 Å². The molecule has 0 aliphatic carbocycles. The van der Waals surface area contributed by atoms with Crippen molar-refractivity contribution in [2.75, 3.05) is 0 Å². The van der Waals surface area contributed by atoms with Crippen LogP contribution >= 0.6 is 0 Å². The van der Waals surface area contributed by atoms with Crippen molar-refractivity contribution in [3.8, 4) is 0 Å². The van der Waals surface area contributed by atoms with E-state index in [1.807, 2.05) is 13.8 Å². The van der Waals surface area contributed by atoms with E-state index in [2.05, 4.69) is 10.6 Å². The second kappa shape index (κ2) is 9.58. The summed E-state index contributed by atoms with van der Waals surface area (Å²) in [4.78, 5) is 34.8. The van der Waals surface area contributed by atoms with E-state index in [0.29, 0.717) is 6.42 Å². The van der Waals surface area contributed by atoms with Gasteiger partial charge in [0.2, 0.25) is 11.8 Å². The van der Waals surface area contributed by atoms with Crippen molar-refractivity contribution in [2.45, 2.75) is 40.0 Å². The summed E-state index contributed by atoms with van der Waals surface area (Å²) >= 11 is 0. The zero-order valence-electron chi connectivity index (χ0n) is 12.0. The van der Waals surface area contributed by atoms with Crippen LogP contribution in [0.2, 0.25) is 0 Å². The molecule has 1 atom stereocenters. The first-order valence-electron chi connectivity index (χ1n) is 6.35. The fourth-order valence-corrected chi connectivity index (χ4v) is 2.36. The third kappa shape index (κ3) is 6.71. The van der Waals surface area contributed by atoms with Crippen molar-refractivity contribution >= 4 is 57.8 Å². The Balaban J connectivity index is 0. The Labute approximate surface area is 151 Å². The van der Waals surface area contributed by atoms with Gasteiger partial charge >= 0.3 is 46.0 Å². The molecule has 1 aliphatic heterocycles. The molecule has 4 amide bonds. The fourth-order valence-electron chi connectivity index (χ4n) is 2.36. The van der Waals surface area contributed by atoms with Crippen molar-refractivity contribution in [3.63, 3.8) is 0 Å². The minimum atomic E-state index is -4.67. The van der Waals surface area contributed by atoms with E-state index in [1.54, 1.807) is 6.92 Å². The molecular formula is C11H21N2NaO7S. The maximum atomic E-state index is 11.9. The van der Waals surface area contributed by atoms with Crippen LogP contribution in [0.15, 0.2) is 0 Å². The quantitative estimate of drug-likeness (QED) is 0.314. The van der Waals surface area contributed by atoms with Gasteiger partial charge in [-0.05, 0) is 18.8 Å². The minimum absolute atomic E-state index is 0. The molecule has 11 heteroatoms. The van der Waals surface area contributed by atoms with Crippen LogP contribution < -0.4 is 10.6 Å². The zero-order valence-corrected chi connectivity index (χ0v) is 12.9. The monoisotopic (exact) mass is 348 g/mol. The first-order chi connectivity index (χ1) is 9.48. The zero-order chi connectivity index (χ0) is 16.8. The summed E-state index contributed by atoms with van der Waals surface area (Å²) < 4.78 is 31.6. The first-order valence-corrected chi connectivity index (χ1v) is 7.75. The number of hydrogen-bond acceptors (Lipinski definition) is 5. The Morgan fingerprint density at radius 1 is 1.09 bits per heavy atom. The molecule has 124 valence electrons. The Bertz CT molecular complexity index is 493. The molecular weight excluding hydrogens is 327 g/mol. The number of carbonyl (C=O) groups is 3. The molecule has 9 nitrogen and oxygen atoms in total. The summed E-state index contributed by atoms with van der Waals surface area (Å²) in [5.74, 6) is -1.01. The number of barbiturate groups is 1. The van der Waals surface area contributed by atoms with Crippen molar-refractivity contribution in [1.82, 2.24) is 10.6 Å². The third-order valence-corrected chi connectivity index (χ3v) is 3.39. The summed E-state index contributed by atoms with van der Waals surface area (Å²) in [7, 11) is -4.67. The van der Waals surface area contributed by atoms with E-state index in [-0.39, 0.29) is 35.5 Å². The average molecular weight is 348 g/mol. The van der Waals surface area contributed by atoms with E-state index in [1.165, 1.54) is 0 Å². The standard InChI is InChI=1S/C11H18N2O3.Na.H2O4S.H/c1-4-6-7(3)11(5-2)8(14)12-10(16)13-9(11)15;;1-5(2,3)4;/h7H,4-6H2,1-3H3,(H2,12,13,14,15,16);;(H2,1,2,3,4);. The molecule has 4 N–H and O–H groups in total. The van der Waals surface area contributed by atoms with Gasteiger partial charge in [0.1, 0.15) is 5.41 Å². The number of hydrogen-bond donors (Lipinski definition) is 4. The van der Waals surface area contributed by atoms with E-state index in [4.69, 9.17) is 17.5 Å². The van der Waals surface area contributed by atoms with Gasteiger partial charge in [-0.15, -0.1) is 0 Å². The van der Waals surface area contributed by atoms with Gasteiger partial charge in [-0.25, -0.2) is 4.79 Å². The second-order valence-electron chi connectivity index (χ2n) is 4.70. The van der Waals surface area contributed by atoms with Gasteiger partial charge in [0.05, 0.1) is 0 Å². The first kappa shape index (κ1) is 23.7. The third-order valence-electron chi connectivity index (χ3n) is 3.39. The summed E-state index contributed by atoms with van der Waals surface area (Å²) in [6.07, 6.45) is 2.08. The molecule has 0 aromatic heterocycles. The van der Waals surface area contributed by atoms with Crippen molar-refractivity contribution in [2.24, 2.45) is 11.3 Å². The number of amides is 4. The second-order valence-corrected chi connectivity index (χ2v) is 5.60. The van der Waals surface area contributed by atoms with Gasteiger partial charge in [-0.1, -0.05) is 27.2 Å². The fraction of sp³-hybridized carbons (Fsp3) is 0.727. The average Bonchev–Trinajstić information content (AvgIpc) is 2.26. The Hall–Kier alpha value is -0.520. The van der Waals surface area contributed by atoms with E-state index in [0.717, 1.165) is 12.8 Å². The number of urea groups is 1. The van der Waals surface area contributed by atoms with E-state index >= 15 is 0 Å². The Morgan fingerprint density at radius 2 is 1.45 bits per heavy atom. The predicted molar refractivity (Wildman–Crippen MR) is 79.8 cm³/mol. The summed E-state index contributed by atoms with van der Waals surface area (Å²) in [6, 6.07) is -0.720. The van der Waals surface area contributed by atoms with Crippen molar-refractivity contribution < 1.29 is 31.9 Å². The maximum absolute atomic E-state index is 11.9. The number of nitrogens with one attached hydrogen (secondary N) is 2. The van der Waals surface area contributed by atoms with Crippen LogP contribution in [0.5, 0.6) is 0 Å². The van der Waals surface area contributed by atoms with E-state index in [9.17, 15) is 14.4 Å². The molecule has 1 unspecified atom stereocenters. The molecule has 1 saturated heterocycles. The molecule has 1 aliphatic rings. The van der Waals surface area contributed by atoms with Crippen LogP contribution in [-0.2, 0) is 20.0 Å². The number of rotatable bonds is 4. The van der Waals surface area contributed by atoms with Crippen LogP contribution in [0.1, 0.15) is 40.0 Å². The Morgan fingerprint density at radius 3 is 1.73 bits per heavy atom. The molecule has 1 fully saturated rings. The van der Waals surface area contributed by atoms with Crippen LogP contribution in [0.25, 0.3) is 0 Å². The molecule has 1 heterocycles. The summed E-state index contributed by atoms with van der Waals surface area (Å²) in [5.41, 5.74) is -1.09. The normalized spacial score (nSPS) is 18.1. The van der Waals surface area contributed by atoms with Gasteiger partial charge in [0.15, 0.2) is 0 Å². The predicted octanol–water partition coefficient (Wildman–Crippen LogP) is -0.116. The molecule has 0 radical (unpaired) electrons. The van der Waals surface area contributed by atoms with Gasteiger partial charge in [-0.3, -0.25) is 29.3 Å². The van der Waals surface area contributed by atoms with E-state index < -0.39 is 33.7 Å².